The summed E-state index contributed by atoms with van der Waals surface area (Å²) in [5, 5.41) is 3.66. The van der Waals surface area contributed by atoms with Gasteiger partial charge in [0.25, 0.3) is 0 Å². The van der Waals surface area contributed by atoms with Crippen LogP contribution < -0.4 is 5.32 Å². The number of imidazole rings is 1. The molecule has 2 rings (SSSR count). The SMILES string of the molecule is CCCn1ccnc1CC(NCC)C(C)C1CC1. The van der Waals surface area contributed by atoms with E-state index in [1.54, 1.807) is 0 Å². The van der Waals surface area contributed by atoms with Crippen molar-refractivity contribution in [1.82, 2.24) is 14.9 Å². The van der Waals surface area contributed by atoms with Crippen molar-refractivity contribution in [2.45, 2.75) is 59.0 Å². The first-order valence-electron chi connectivity index (χ1n) is 7.49. The Hall–Kier alpha value is -0.830. The first-order valence-corrected chi connectivity index (χ1v) is 7.49. The Labute approximate surface area is 111 Å². The van der Waals surface area contributed by atoms with Crippen molar-refractivity contribution < 1.29 is 0 Å². The molecule has 0 aromatic carbocycles. The highest BCUT2D eigenvalue weighted by Gasteiger charge is 2.33. The second kappa shape index (κ2) is 6.37. The predicted molar refractivity (Wildman–Crippen MR) is 75.6 cm³/mol. The third kappa shape index (κ3) is 3.35. The summed E-state index contributed by atoms with van der Waals surface area (Å²) >= 11 is 0. The van der Waals surface area contributed by atoms with Crippen LogP contribution in [0.3, 0.4) is 0 Å². The van der Waals surface area contributed by atoms with Crippen LogP contribution in [-0.2, 0) is 13.0 Å². The molecule has 1 aliphatic carbocycles. The van der Waals surface area contributed by atoms with Gasteiger partial charge in [0, 0.05) is 31.4 Å². The van der Waals surface area contributed by atoms with E-state index in [0.29, 0.717) is 6.04 Å². The van der Waals surface area contributed by atoms with Gasteiger partial charge in [-0.3, -0.25) is 0 Å². The van der Waals surface area contributed by atoms with Crippen LogP contribution in [-0.4, -0.2) is 22.1 Å². The van der Waals surface area contributed by atoms with Crippen molar-refractivity contribution in [3.63, 3.8) is 0 Å². The van der Waals surface area contributed by atoms with Gasteiger partial charge < -0.3 is 9.88 Å². The molecule has 0 radical (unpaired) electrons. The molecule has 0 spiro atoms. The van der Waals surface area contributed by atoms with Gasteiger partial charge in [0.05, 0.1) is 0 Å². The Morgan fingerprint density at radius 2 is 2.22 bits per heavy atom. The maximum atomic E-state index is 4.54. The van der Waals surface area contributed by atoms with Gasteiger partial charge in [-0.05, 0) is 37.6 Å². The fraction of sp³-hybridized carbons (Fsp3) is 0.800. The average molecular weight is 249 g/mol. The van der Waals surface area contributed by atoms with E-state index in [1.165, 1.54) is 25.1 Å². The van der Waals surface area contributed by atoms with Gasteiger partial charge in [-0.1, -0.05) is 20.8 Å². The van der Waals surface area contributed by atoms with Crippen LogP contribution >= 0.6 is 0 Å². The van der Waals surface area contributed by atoms with E-state index in [2.05, 4.69) is 41.8 Å². The normalized spacial score (nSPS) is 18.8. The van der Waals surface area contributed by atoms with Crippen LogP contribution in [0.4, 0.5) is 0 Å². The molecule has 1 heterocycles. The fourth-order valence-electron chi connectivity index (χ4n) is 2.83. The predicted octanol–water partition coefficient (Wildman–Crippen LogP) is 2.86. The Bertz CT molecular complexity index is 354. The van der Waals surface area contributed by atoms with Crippen molar-refractivity contribution in [3.8, 4) is 0 Å². The number of nitrogens with zero attached hydrogens (tertiary/aromatic N) is 2. The molecule has 18 heavy (non-hydrogen) atoms. The largest absolute Gasteiger partial charge is 0.335 e. The quantitative estimate of drug-likeness (QED) is 0.768. The highest BCUT2D eigenvalue weighted by atomic mass is 15.1. The van der Waals surface area contributed by atoms with Gasteiger partial charge in [0.1, 0.15) is 5.82 Å². The minimum absolute atomic E-state index is 0.584. The Morgan fingerprint density at radius 1 is 1.44 bits per heavy atom. The highest BCUT2D eigenvalue weighted by molar-refractivity contribution is 4.98. The molecule has 3 nitrogen and oxygen atoms in total. The lowest BCUT2D eigenvalue weighted by Crippen LogP contribution is -2.38. The van der Waals surface area contributed by atoms with Gasteiger partial charge in [-0.25, -0.2) is 4.98 Å². The van der Waals surface area contributed by atoms with Gasteiger partial charge in [-0.2, -0.15) is 0 Å². The summed E-state index contributed by atoms with van der Waals surface area (Å²) in [5.74, 6) is 2.97. The first-order chi connectivity index (χ1) is 8.76. The standard InChI is InChI=1S/C15H27N3/c1-4-9-18-10-8-17-15(18)11-14(16-5-2)12(3)13-6-7-13/h8,10,12-14,16H,4-7,9,11H2,1-3H3. The Balaban J connectivity index is 2.00. The summed E-state index contributed by atoms with van der Waals surface area (Å²) in [5.41, 5.74) is 0. The molecular formula is C15H27N3. The maximum absolute atomic E-state index is 4.54. The molecule has 1 N–H and O–H groups in total. The summed E-state index contributed by atoms with van der Waals surface area (Å²) in [6, 6.07) is 0.584. The summed E-state index contributed by atoms with van der Waals surface area (Å²) in [7, 11) is 0. The maximum Gasteiger partial charge on any atom is 0.110 e. The Kier molecular flexibility index (Phi) is 4.81. The van der Waals surface area contributed by atoms with E-state index in [-0.39, 0.29) is 0 Å². The third-order valence-electron chi connectivity index (χ3n) is 4.14. The summed E-state index contributed by atoms with van der Waals surface area (Å²) < 4.78 is 2.31. The van der Waals surface area contributed by atoms with E-state index in [4.69, 9.17) is 0 Å². The second-order valence-electron chi connectivity index (χ2n) is 5.60. The van der Waals surface area contributed by atoms with Gasteiger partial charge in [0.2, 0.25) is 0 Å². The summed E-state index contributed by atoms with van der Waals surface area (Å²) in [4.78, 5) is 4.54. The zero-order chi connectivity index (χ0) is 13.0. The van der Waals surface area contributed by atoms with Crippen LogP contribution in [0.25, 0.3) is 0 Å². The highest BCUT2D eigenvalue weighted by Crippen LogP contribution is 2.38. The van der Waals surface area contributed by atoms with Crippen molar-refractivity contribution >= 4 is 0 Å². The second-order valence-corrected chi connectivity index (χ2v) is 5.60. The number of nitrogens with one attached hydrogen (secondary N) is 1. The number of aryl methyl sites for hydroxylation is 1. The number of hydrogen-bond acceptors (Lipinski definition) is 2. The molecule has 1 saturated carbocycles. The smallest absolute Gasteiger partial charge is 0.110 e. The summed E-state index contributed by atoms with van der Waals surface area (Å²) in [6.07, 6.45) is 9.14. The van der Waals surface area contributed by atoms with Crippen molar-refractivity contribution in [2.75, 3.05) is 6.54 Å². The molecule has 0 amide bonds. The van der Waals surface area contributed by atoms with E-state index in [1.807, 2.05) is 6.20 Å². The Morgan fingerprint density at radius 3 is 2.83 bits per heavy atom. The van der Waals surface area contributed by atoms with Crippen molar-refractivity contribution in [2.24, 2.45) is 11.8 Å². The van der Waals surface area contributed by atoms with E-state index in [0.717, 1.165) is 31.3 Å². The molecule has 2 atom stereocenters. The van der Waals surface area contributed by atoms with E-state index in [9.17, 15) is 0 Å². The molecule has 1 fully saturated rings. The lowest BCUT2D eigenvalue weighted by molar-refractivity contribution is 0.337. The van der Waals surface area contributed by atoms with Crippen molar-refractivity contribution in [1.29, 1.82) is 0 Å². The van der Waals surface area contributed by atoms with Crippen LogP contribution in [0.15, 0.2) is 12.4 Å². The van der Waals surface area contributed by atoms with Crippen LogP contribution in [0, 0.1) is 11.8 Å². The van der Waals surface area contributed by atoms with Crippen LogP contribution in [0.5, 0.6) is 0 Å². The molecule has 102 valence electrons. The van der Waals surface area contributed by atoms with Gasteiger partial charge >= 0.3 is 0 Å². The van der Waals surface area contributed by atoms with E-state index >= 15 is 0 Å². The zero-order valence-electron chi connectivity index (χ0n) is 12.0. The topological polar surface area (TPSA) is 29.9 Å². The molecule has 3 heteroatoms. The fourth-order valence-corrected chi connectivity index (χ4v) is 2.83. The van der Waals surface area contributed by atoms with Crippen LogP contribution in [0.2, 0.25) is 0 Å². The number of aromatic nitrogens is 2. The molecule has 1 aromatic heterocycles. The summed E-state index contributed by atoms with van der Waals surface area (Å²) in [6.45, 7) is 8.96. The van der Waals surface area contributed by atoms with Gasteiger partial charge in [-0.15, -0.1) is 0 Å². The molecule has 0 saturated heterocycles. The molecular weight excluding hydrogens is 222 g/mol. The monoisotopic (exact) mass is 249 g/mol. The van der Waals surface area contributed by atoms with Crippen LogP contribution in [0.1, 0.15) is 45.9 Å². The first kappa shape index (κ1) is 13.6. The van der Waals surface area contributed by atoms with Gasteiger partial charge in [0.15, 0.2) is 0 Å². The molecule has 1 aliphatic rings. The number of likely N-dealkylation sites (N-methyl/N-ethyl adjacent to an activating group) is 1. The molecule has 0 aliphatic heterocycles. The molecule has 1 aromatic rings. The average Bonchev–Trinajstić information content (AvgIpc) is 3.12. The minimum atomic E-state index is 0.584. The number of rotatable bonds is 8. The van der Waals surface area contributed by atoms with E-state index < -0.39 is 0 Å². The lowest BCUT2D eigenvalue weighted by atomic mass is 9.93. The lowest BCUT2D eigenvalue weighted by Gasteiger charge is -2.25. The zero-order valence-corrected chi connectivity index (χ0v) is 12.0. The minimum Gasteiger partial charge on any atom is -0.335 e. The molecule has 2 unspecified atom stereocenters. The molecule has 0 bridgehead atoms. The number of hydrogen-bond donors (Lipinski definition) is 1. The third-order valence-corrected chi connectivity index (χ3v) is 4.14. The van der Waals surface area contributed by atoms with Crippen molar-refractivity contribution in [3.05, 3.63) is 18.2 Å².